The molecule has 0 radical (unpaired) electrons. The molecule has 0 amide bonds. The van der Waals surface area contributed by atoms with Gasteiger partial charge in [-0.1, -0.05) is 42.5 Å². The van der Waals surface area contributed by atoms with Gasteiger partial charge in [-0.15, -0.1) is 0 Å². The highest BCUT2D eigenvalue weighted by atomic mass is 16.4. The van der Waals surface area contributed by atoms with Crippen LogP contribution in [0.5, 0.6) is 0 Å². The number of benzene rings is 2. The lowest BCUT2D eigenvalue weighted by Gasteiger charge is -2.06. The van der Waals surface area contributed by atoms with Crippen LogP contribution < -0.4 is 17.1 Å². The van der Waals surface area contributed by atoms with Gasteiger partial charge in [0.2, 0.25) is 0 Å². The van der Waals surface area contributed by atoms with Crippen molar-refractivity contribution in [2.24, 2.45) is 5.73 Å². The maximum absolute atomic E-state index is 12.1. The van der Waals surface area contributed by atoms with Crippen LogP contribution in [0, 0.1) is 0 Å². The van der Waals surface area contributed by atoms with Gasteiger partial charge in [-0.3, -0.25) is 0 Å². The summed E-state index contributed by atoms with van der Waals surface area (Å²) in [5, 5.41) is 0.709. The van der Waals surface area contributed by atoms with Crippen LogP contribution in [0.3, 0.4) is 0 Å². The van der Waals surface area contributed by atoms with Crippen LogP contribution >= 0.6 is 0 Å². The van der Waals surface area contributed by atoms with Crippen LogP contribution in [0.4, 0.5) is 5.69 Å². The molecule has 1 heterocycles. The number of hydrogen-bond acceptors (Lipinski definition) is 4. The van der Waals surface area contributed by atoms with Crippen molar-refractivity contribution in [3.63, 3.8) is 0 Å². The van der Waals surface area contributed by atoms with E-state index in [1.54, 1.807) is 18.2 Å². The van der Waals surface area contributed by atoms with Gasteiger partial charge in [0.25, 0.3) is 0 Å². The SMILES string of the molecule is N/C(=C\c1c(N)c2ccccc2oc1=O)Cc1ccccc1. The van der Waals surface area contributed by atoms with Gasteiger partial charge in [-0.25, -0.2) is 4.79 Å². The van der Waals surface area contributed by atoms with Gasteiger partial charge >= 0.3 is 5.63 Å². The summed E-state index contributed by atoms with van der Waals surface area (Å²) in [4.78, 5) is 12.1. The van der Waals surface area contributed by atoms with E-state index in [0.29, 0.717) is 34.3 Å². The van der Waals surface area contributed by atoms with E-state index < -0.39 is 5.63 Å². The van der Waals surface area contributed by atoms with Crippen molar-refractivity contribution in [2.45, 2.75) is 6.42 Å². The molecule has 0 saturated heterocycles. The Hall–Kier alpha value is -3.01. The molecule has 3 rings (SSSR count). The fourth-order valence-corrected chi connectivity index (χ4v) is 2.39. The zero-order valence-electron chi connectivity index (χ0n) is 12.0. The van der Waals surface area contributed by atoms with Gasteiger partial charge in [0.1, 0.15) is 5.58 Å². The van der Waals surface area contributed by atoms with Crippen LogP contribution in [0.15, 0.2) is 69.5 Å². The largest absolute Gasteiger partial charge is 0.422 e. The molecule has 0 bridgehead atoms. The Balaban J connectivity index is 2.03. The third kappa shape index (κ3) is 2.72. The van der Waals surface area contributed by atoms with E-state index in [0.717, 1.165) is 5.56 Å². The molecule has 1 aromatic heterocycles. The molecule has 4 heteroatoms. The Morgan fingerprint density at radius 2 is 1.73 bits per heavy atom. The highest BCUT2D eigenvalue weighted by Crippen LogP contribution is 2.23. The molecule has 0 aliphatic carbocycles. The summed E-state index contributed by atoms with van der Waals surface area (Å²) >= 11 is 0. The van der Waals surface area contributed by atoms with E-state index in [2.05, 4.69) is 0 Å². The number of nitrogens with two attached hydrogens (primary N) is 2. The molecule has 0 aliphatic rings. The number of hydrogen-bond donors (Lipinski definition) is 2. The minimum atomic E-state index is -0.479. The number of anilines is 1. The van der Waals surface area contributed by atoms with E-state index in [4.69, 9.17) is 15.9 Å². The monoisotopic (exact) mass is 292 g/mol. The molecule has 2 aromatic carbocycles. The molecular formula is C18H16N2O2. The second-order valence-corrected chi connectivity index (χ2v) is 5.09. The molecule has 110 valence electrons. The van der Waals surface area contributed by atoms with Crippen LogP contribution in [0.25, 0.3) is 17.0 Å². The number of allylic oxidation sites excluding steroid dienone is 1. The fourth-order valence-electron chi connectivity index (χ4n) is 2.39. The third-order valence-electron chi connectivity index (χ3n) is 3.47. The Morgan fingerprint density at radius 1 is 1.05 bits per heavy atom. The Morgan fingerprint density at radius 3 is 2.50 bits per heavy atom. The molecule has 0 spiro atoms. The van der Waals surface area contributed by atoms with Crippen molar-refractivity contribution in [2.75, 3.05) is 5.73 Å². The predicted molar refractivity (Wildman–Crippen MR) is 89.2 cm³/mol. The molecule has 0 fully saturated rings. The Kier molecular flexibility index (Phi) is 3.66. The Bertz CT molecular complexity index is 896. The normalized spacial score (nSPS) is 11.7. The minimum absolute atomic E-state index is 0.298. The summed E-state index contributed by atoms with van der Waals surface area (Å²) in [6, 6.07) is 17.0. The first kappa shape index (κ1) is 13.9. The van der Waals surface area contributed by atoms with Gasteiger partial charge in [0.05, 0.1) is 11.3 Å². The first-order valence-electron chi connectivity index (χ1n) is 6.96. The van der Waals surface area contributed by atoms with E-state index in [-0.39, 0.29) is 0 Å². The second-order valence-electron chi connectivity index (χ2n) is 5.09. The van der Waals surface area contributed by atoms with Crippen LogP contribution in [-0.4, -0.2) is 0 Å². The highest BCUT2D eigenvalue weighted by Gasteiger charge is 2.10. The number of rotatable bonds is 3. The molecule has 0 aliphatic heterocycles. The summed E-state index contributed by atoms with van der Waals surface area (Å²) in [5.74, 6) is 0. The summed E-state index contributed by atoms with van der Waals surface area (Å²) < 4.78 is 5.29. The van der Waals surface area contributed by atoms with Crippen molar-refractivity contribution in [3.8, 4) is 0 Å². The average Bonchev–Trinajstić information content (AvgIpc) is 2.52. The van der Waals surface area contributed by atoms with Crippen molar-refractivity contribution in [1.82, 2.24) is 0 Å². The fraction of sp³-hybridized carbons (Fsp3) is 0.0556. The number of para-hydroxylation sites is 1. The molecule has 0 saturated carbocycles. The van der Waals surface area contributed by atoms with E-state index in [1.165, 1.54) is 0 Å². The van der Waals surface area contributed by atoms with Crippen LogP contribution in [-0.2, 0) is 6.42 Å². The lowest BCUT2D eigenvalue weighted by molar-refractivity contribution is 0.560. The first-order chi connectivity index (χ1) is 10.6. The van der Waals surface area contributed by atoms with E-state index in [9.17, 15) is 4.79 Å². The maximum atomic E-state index is 12.1. The zero-order valence-corrected chi connectivity index (χ0v) is 12.0. The van der Waals surface area contributed by atoms with Crippen molar-refractivity contribution >= 4 is 22.7 Å². The van der Waals surface area contributed by atoms with Gasteiger partial charge in [-0.05, 0) is 23.8 Å². The van der Waals surface area contributed by atoms with Gasteiger partial charge < -0.3 is 15.9 Å². The molecule has 4 nitrogen and oxygen atoms in total. The maximum Gasteiger partial charge on any atom is 0.345 e. The van der Waals surface area contributed by atoms with Crippen molar-refractivity contribution < 1.29 is 4.42 Å². The van der Waals surface area contributed by atoms with Crippen LogP contribution in [0.2, 0.25) is 0 Å². The standard InChI is InChI=1S/C18H16N2O2/c19-13(10-12-6-2-1-3-7-12)11-15-17(20)14-8-4-5-9-16(14)22-18(15)21/h1-9,11H,10,19-20H2/b13-11-. The lowest BCUT2D eigenvalue weighted by Crippen LogP contribution is -2.10. The zero-order chi connectivity index (χ0) is 15.5. The summed E-state index contributed by atoms with van der Waals surface area (Å²) in [7, 11) is 0. The smallest absolute Gasteiger partial charge is 0.345 e. The molecule has 3 aromatic rings. The van der Waals surface area contributed by atoms with Crippen molar-refractivity contribution in [1.29, 1.82) is 0 Å². The first-order valence-corrected chi connectivity index (χ1v) is 6.96. The summed E-state index contributed by atoms with van der Waals surface area (Å²) in [5.41, 5.74) is 14.5. The topological polar surface area (TPSA) is 82.2 Å². The van der Waals surface area contributed by atoms with Gasteiger partial charge in [0, 0.05) is 17.5 Å². The summed E-state index contributed by atoms with van der Waals surface area (Å²) in [6.45, 7) is 0. The summed E-state index contributed by atoms with van der Waals surface area (Å²) in [6.07, 6.45) is 2.15. The minimum Gasteiger partial charge on any atom is -0.422 e. The van der Waals surface area contributed by atoms with Gasteiger partial charge in [-0.2, -0.15) is 0 Å². The molecule has 4 N–H and O–H groups in total. The Labute approximate surface area is 127 Å². The van der Waals surface area contributed by atoms with Gasteiger partial charge in [0.15, 0.2) is 0 Å². The quantitative estimate of drug-likeness (QED) is 0.727. The predicted octanol–water partition coefficient (Wildman–Crippen LogP) is 2.92. The number of nitrogen functional groups attached to an aromatic ring is 1. The van der Waals surface area contributed by atoms with Crippen LogP contribution in [0.1, 0.15) is 11.1 Å². The number of fused-ring (bicyclic) bond motifs is 1. The third-order valence-corrected chi connectivity index (χ3v) is 3.47. The molecular weight excluding hydrogens is 276 g/mol. The van der Waals surface area contributed by atoms with Crippen molar-refractivity contribution in [3.05, 3.63) is 81.8 Å². The average molecular weight is 292 g/mol. The molecule has 22 heavy (non-hydrogen) atoms. The van der Waals surface area contributed by atoms with E-state index >= 15 is 0 Å². The second kappa shape index (κ2) is 5.77. The lowest BCUT2D eigenvalue weighted by atomic mass is 10.1. The molecule has 0 atom stereocenters. The van der Waals surface area contributed by atoms with E-state index in [1.807, 2.05) is 42.5 Å². The molecule has 0 unspecified atom stereocenters. The highest BCUT2D eigenvalue weighted by molar-refractivity contribution is 5.92.